The van der Waals surface area contributed by atoms with Crippen molar-refractivity contribution in [3.63, 3.8) is 0 Å². The maximum atomic E-state index is 13.4. The number of nitrogens with zero attached hydrogens (tertiary/aromatic N) is 2. The van der Waals surface area contributed by atoms with Gasteiger partial charge in [0.1, 0.15) is 5.82 Å². The van der Waals surface area contributed by atoms with Crippen molar-refractivity contribution in [3.8, 4) is 0 Å². The quantitative estimate of drug-likeness (QED) is 0.920. The summed E-state index contributed by atoms with van der Waals surface area (Å²) in [4.78, 5) is 4.94. The van der Waals surface area contributed by atoms with E-state index in [2.05, 4.69) is 30.6 Å². The topological polar surface area (TPSA) is 32.5 Å². The summed E-state index contributed by atoms with van der Waals surface area (Å²) in [6, 6.07) is 5.29. The van der Waals surface area contributed by atoms with Gasteiger partial charge in [0.05, 0.1) is 0 Å². The van der Waals surface area contributed by atoms with Gasteiger partial charge in [-0.2, -0.15) is 0 Å². The first-order valence-electron chi connectivity index (χ1n) is 7.35. The van der Waals surface area contributed by atoms with Gasteiger partial charge in [-0.3, -0.25) is 9.80 Å². The third-order valence-electron chi connectivity index (χ3n) is 4.06. The highest BCUT2D eigenvalue weighted by Gasteiger charge is 2.25. The molecule has 0 spiro atoms. The zero-order valence-corrected chi connectivity index (χ0v) is 12.8. The Kier molecular flexibility index (Phi) is 4.78. The largest absolute Gasteiger partial charge is 0.326 e. The number of hydrogen-bond acceptors (Lipinski definition) is 3. The summed E-state index contributed by atoms with van der Waals surface area (Å²) in [5.74, 6) is -0.200. The van der Waals surface area contributed by atoms with E-state index in [0.717, 1.165) is 38.3 Å². The summed E-state index contributed by atoms with van der Waals surface area (Å²) in [7, 11) is 0. The molecule has 0 radical (unpaired) electrons. The van der Waals surface area contributed by atoms with E-state index in [1.54, 1.807) is 0 Å². The second-order valence-corrected chi connectivity index (χ2v) is 6.56. The predicted octanol–water partition coefficient (Wildman–Crippen LogP) is 2.20. The molecule has 1 aliphatic rings. The summed E-state index contributed by atoms with van der Waals surface area (Å²) in [6.07, 6.45) is 0. The molecule has 4 heteroatoms. The zero-order chi connectivity index (χ0) is 14.8. The van der Waals surface area contributed by atoms with Gasteiger partial charge in [-0.15, -0.1) is 0 Å². The molecule has 0 aromatic heterocycles. The second kappa shape index (κ2) is 6.20. The van der Waals surface area contributed by atoms with Crippen LogP contribution >= 0.6 is 0 Å². The van der Waals surface area contributed by atoms with Crippen molar-refractivity contribution in [1.82, 2.24) is 9.80 Å². The average Bonchev–Trinajstić information content (AvgIpc) is 2.40. The lowest BCUT2D eigenvalue weighted by atomic mass is 10.0. The van der Waals surface area contributed by atoms with Crippen LogP contribution in [-0.4, -0.2) is 41.5 Å². The molecule has 2 rings (SSSR count). The molecule has 0 aliphatic carbocycles. The van der Waals surface area contributed by atoms with Crippen molar-refractivity contribution in [2.75, 3.05) is 26.2 Å². The van der Waals surface area contributed by atoms with Crippen LogP contribution < -0.4 is 5.73 Å². The Bertz CT molecular complexity index is 446. The highest BCUT2D eigenvalue weighted by Crippen LogP contribution is 2.18. The number of halogens is 1. The first-order chi connectivity index (χ1) is 9.40. The minimum atomic E-state index is -0.200. The summed E-state index contributed by atoms with van der Waals surface area (Å²) in [5, 5.41) is 0. The fourth-order valence-electron chi connectivity index (χ4n) is 2.72. The Morgan fingerprint density at radius 3 is 2.35 bits per heavy atom. The van der Waals surface area contributed by atoms with Crippen LogP contribution in [0.3, 0.4) is 0 Å². The van der Waals surface area contributed by atoms with Crippen LogP contribution in [0.1, 0.15) is 31.9 Å². The molecular weight excluding hydrogens is 253 g/mol. The number of rotatable bonds is 3. The maximum Gasteiger partial charge on any atom is 0.127 e. The van der Waals surface area contributed by atoms with Crippen LogP contribution in [0.5, 0.6) is 0 Å². The fourth-order valence-corrected chi connectivity index (χ4v) is 2.72. The van der Waals surface area contributed by atoms with Gasteiger partial charge in [-0.1, -0.05) is 12.1 Å². The molecule has 0 saturated carbocycles. The monoisotopic (exact) mass is 279 g/mol. The minimum Gasteiger partial charge on any atom is -0.326 e. The lowest BCUT2D eigenvalue weighted by Crippen LogP contribution is -2.53. The van der Waals surface area contributed by atoms with Gasteiger partial charge >= 0.3 is 0 Å². The molecule has 1 fully saturated rings. The summed E-state index contributed by atoms with van der Waals surface area (Å²) in [6.45, 7) is 12.2. The molecule has 1 aromatic carbocycles. The van der Waals surface area contributed by atoms with Gasteiger partial charge in [0, 0.05) is 50.4 Å². The van der Waals surface area contributed by atoms with Crippen LogP contribution in [0, 0.1) is 5.82 Å². The standard InChI is InChI=1S/C16H26FN3/c1-16(2,3)20-8-6-19(7-9-20)12-13-4-5-15(17)14(10-13)11-18/h4-5,10H,6-9,11-12,18H2,1-3H3. The van der Waals surface area contributed by atoms with Crippen LogP contribution in [0.15, 0.2) is 18.2 Å². The highest BCUT2D eigenvalue weighted by molar-refractivity contribution is 5.25. The summed E-state index contributed by atoms with van der Waals surface area (Å²) < 4.78 is 13.4. The lowest BCUT2D eigenvalue weighted by molar-refractivity contribution is 0.0591. The molecule has 1 saturated heterocycles. The van der Waals surface area contributed by atoms with Gasteiger partial charge in [-0.05, 0) is 32.4 Å². The van der Waals surface area contributed by atoms with Gasteiger partial charge in [0.15, 0.2) is 0 Å². The molecule has 1 aromatic rings. The first kappa shape index (κ1) is 15.4. The Labute approximate surface area is 121 Å². The van der Waals surface area contributed by atoms with Crippen molar-refractivity contribution < 1.29 is 4.39 Å². The van der Waals surface area contributed by atoms with Gasteiger partial charge in [0.2, 0.25) is 0 Å². The van der Waals surface area contributed by atoms with Crippen LogP contribution in [-0.2, 0) is 13.1 Å². The van der Waals surface area contributed by atoms with Gasteiger partial charge < -0.3 is 5.73 Å². The molecular formula is C16H26FN3. The zero-order valence-electron chi connectivity index (χ0n) is 12.8. The van der Waals surface area contributed by atoms with E-state index in [1.165, 1.54) is 6.07 Å². The Balaban J connectivity index is 1.93. The molecule has 2 N–H and O–H groups in total. The average molecular weight is 279 g/mol. The van der Waals surface area contributed by atoms with Gasteiger partial charge in [0.25, 0.3) is 0 Å². The number of piperazine rings is 1. The van der Waals surface area contributed by atoms with Crippen LogP contribution in [0.2, 0.25) is 0 Å². The maximum absolute atomic E-state index is 13.4. The Hall–Kier alpha value is -0.970. The van der Waals surface area contributed by atoms with E-state index < -0.39 is 0 Å². The van der Waals surface area contributed by atoms with E-state index in [1.807, 2.05) is 12.1 Å². The second-order valence-electron chi connectivity index (χ2n) is 6.56. The lowest BCUT2D eigenvalue weighted by Gasteiger charge is -2.42. The number of benzene rings is 1. The molecule has 112 valence electrons. The molecule has 0 amide bonds. The fraction of sp³-hybridized carbons (Fsp3) is 0.625. The third-order valence-corrected chi connectivity index (χ3v) is 4.06. The van der Waals surface area contributed by atoms with E-state index in [0.29, 0.717) is 5.56 Å². The molecule has 0 unspecified atom stereocenters. The minimum absolute atomic E-state index is 0.200. The third kappa shape index (κ3) is 3.78. The molecule has 3 nitrogen and oxygen atoms in total. The normalized spacial score (nSPS) is 18.4. The van der Waals surface area contributed by atoms with Crippen molar-refractivity contribution >= 4 is 0 Å². The number of nitrogens with two attached hydrogens (primary N) is 1. The first-order valence-corrected chi connectivity index (χ1v) is 7.35. The van der Waals surface area contributed by atoms with Gasteiger partial charge in [-0.25, -0.2) is 4.39 Å². The molecule has 1 heterocycles. The van der Waals surface area contributed by atoms with Crippen molar-refractivity contribution in [2.45, 2.75) is 39.4 Å². The van der Waals surface area contributed by atoms with Crippen molar-refractivity contribution in [1.29, 1.82) is 0 Å². The van der Waals surface area contributed by atoms with E-state index in [-0.39, 0.29) is 17.9 Å². The predicted molar refractivity (Wildman–Crippen MR) is 80.9 cm³/mol. The smallest absolute Gasteiger partial charge is 0.127 e. The molecule has 0 bridgehead atoms. The number of hydrogen-bond donors (Lipinski definition) is 1. The molecule has 20 heavy (non-hydrogen) atoms. The molecule has 0 atom stereocenters. The summed E-state index contributed by atoms with van der Waals surface area (Å²) >= 11 is 0. The van der Waals surface area contributed by atoms with Crippen molar-refractivity contribution in [2.24, 2.45) is 5.73 Å². The highest BCUT2D eigenvalue weighted by atomic mass is 19.1. The Morgan fingerprint density at radius 1 is 1.15 bits per heavy atom. The SMILES string of the molecule is CC(C)(C)N1CCN(Cc2ccc(F)c(CN)c2)CC1. The Morgan fingerprint density at radius 2 is 1.80 bits per heavy atom. The van der Waals surface area contributed by atoms with Crippen molar-refractivity contribution in [3.05, 3.63) is 35.1 Å². The van der Waals surface area contributed by atoms with Crippen LogP contribution in [0.25, 0.3) is 0 Å². The van der Waals surface area contributed by atoms with E-state index in [4.69, 9.17) is 5.73 Å². The molecule has 1 aliphatic heterocycles. The van der Waals surface area contributed by atoms with E-state index >= 15 is 0 Å². The summed E-state index contributed by atoms with van der Waals surface area (Å²) in [5.41, 5.74) is 7.56. The van der Waals surface area contributed by atoms with Crippen LogP contribution in [0.4, 0.5) is 4.39 Å². The van der Waals surface area contributed by atoms with E-state index in [9.17, 15) is 4.39 Å².